The lowest BCUT2D eigenvalue weighted by molar-refractivity contribution is 0.201. The van der Waals surface area contributed by atoms with E-state index in [2.05, 4.69) is 6.07 Å². The second-order valence-corrected chi connectivity index (χ2v) is 3.84. The van der Waals surface area contributed by atoms with Gasteiger partial charge in [-0.1, -0.05) is 0 Å². The SMILES string of the molecule is Cc1cc(N(C)CC(C)O)ccc1C#N. The van der Waals surface area contributed by atoms with E-state index in [1.807, 2.05) is 37.1 Å². The number of anilines is 1. The molecule has 0 spiro atoms. The molecule has 0 bridgehead atoms. The quantitative estimate of drug-likeness (QED) is 0.815. The Morgan fingerprint density at radius 1 is 1.53 bits per heavy atom. The summed E-state index contributed by atoms with van der Waals surface area (Å²) in [5.74, 6) is 0. The van der Waals surface area contributed by atoms with E-state index in [0.717, 1.165) is 11.3 Å². The Morgan fingerprint density at radius 2 is 2.20 bits per heavy atom. The number of rotatable bonds is 3. The van der Waals surface area contributed by atoms with Gasteiger partial charge in [-0.2, -0.15) is 5.26 Å². The molecule has 0 amide bonds. The van der Waals surface area contributed by atoms with Crippen LogP contribution < -0.4 is 4.90 Å². The van der Waals surface area contributed by atoms with Gasteiger partial charge in [-0.25, -0.2) is 0 Å². The van der Waals surface area contributed by atoms with Crippen LogP contribution in [-0.4, -0.2) is 24.8 Å². The van der Waals surface area contributed by atoms with E-state index in [-0.39, 0.29) is 6.10 Å². The van der Waals surface area contributed by atoms with E-state index in [0.29, 0.717) is 12.1 Å². The molecule has 1 aromatic rings. The number of hydrogen-bond donors (Lipinski definition) is 1. The van der Waals surface area contributed by atoms with Gasteiger partial charge in [0.15, 0.2) is 0 Å². The fourth-order valence-corrected chi connectivity index (χ4v) is 1.51. The minimum Gasteiger partial charge on any atom is -0.392 e. The monoisotopic (exact) mass is 204 g/mol. The average Bonchev–Trinajstić information content (AvgIpc) is 2.16. The molecule has 0 saturated heterocycles. The lowest BCUT2D eigenvalue weighted by atomic mass is 10.1. The van der Waals surface area contributed by atoms with Crippen molar-refractivity contribution in [3.8, 4) is 6.07 Å². The third-order valence-electron chi connectivity index (χ3n) is 2.31. The van der Waals surface area contributed by atoms with Gasteiger partial charge < -0.3 is 10.0 Å². The van der Waals surface area contributed by atoms with Gasteiger partial charge in [0, 0.05) is 19.3 Å². The van der Waals surface area contributed by atoms with Crippen LogP contribution in [0.15, 0.2) is 18.2 Å². The van der Waals surface area contributed by atoms with Crippen LogP contribution in [0.5, 0.6) is 0 Å². The van der Waals surface area contributed by atoms with E-state index < -0.39 is 0 Å². The molecular weight excluding hydrogens is 188 g/mol. The van der Waals surface area contributed by atoms with Gasteiger partial charge in [-0.05, 0) is 37.6 Å². The normalized spacial score (nSPS) is 11.9. The summed E-state index contributed by atoms with van der Waals surface area (Å²) >= 11 is 0. The van der Waals surface area contributed by atoms with Crippen molar-refractivity contribution in [1.29, 1.82) is 5.26 Å². The minimum absolute atomic E-state index is 0.356. The lowest BCUT2D eigenvalue weighted by Gasteiger charge is -2.21. The highest BCUT2D eigenvalue weighted by Gasteiger charge is 2.05. The molecule has 0 aromatic heterocycles. The summed E-state index contributed by atoms with van der Waals surface area (Å²) in [5.41, 5.74) is 2.68. The molecule has 0 aliphatic carbocycles. The zero-order chi connectivity index (χ0) is 11.4. The first-order chi connectivity index (χ1) is 7.04. The Labute approximate surface area is 90.6 Å². The first-order valence-corrected chi connectivity index (χ1v) is 4.94. The summed E-state index contributed by atoms with van der Waals surface area (Å²) in [6, 6.07) is 7.80. The van der Waals surface area contributed by atoms with Crippen LogP contribution in [0.2, 0.25) is 0 Å². The van der Waals surface area contributed by atoms with Crippen molar-refractivity contribution in [2.75, 3.05) is 18.5 Å². The Bertz CT molecular complexity index is 380. The molecule has 80 valence electrons. The molecule has 0 aliphatic heterocycles. The molecular formula is C12H16N2O. The van der Waals surface area contributed by atoms with Crippen molar-refractivity contribution in [2.24, 2.45) is 0 Å². The smallest absolute Gasteiger partial charge is 0.0994 e. The average molecular weight is 204 g/mol. The number of aliphatic hydroxyl groups excluding tert-OH is 1. The summed E-state index contributed by atoms with van der Waals surface area (Å²) in [7, 11) is 1.92. The third-order valence-corrected chi connectivity index (χ3v) is 2.31. The molecule has 3 nitrogen and oxygen atoms in total. The van der Waals surface area contributed by atoms with Gasteiger partial charge in [0.1, 0.15) is 0 Å². The van der Waals surface area contributed by atoms with E-state index in [1.165, 1.54) is 0 Å². The second kappa shape index (κ2) is 4.81. The topological polar surface area (TPSA) is 47.3 Å². The predicted molar refractivity (Wildman–Crippen MR) is 60.8 cm³/mol. The van der Waals surface area contributed by atoms with Gasteiger partial charge in [-0.15, -0.1) is 0 Å². The maximum atomic E-state index is 9.26. The Morgan fingerprint density at radius 3 is 2.67 bits per heavy atom. The largest absolute Gasteiger partial charge is 0.392 e. The van der Waals surface area contributed by atoms with E-state index in [4.69, 9.17) is 5.26 Å². The summed E-state index contributed by atoms with van der Waals surface area (Å²) in [6.07, 6.45) is -0.356. The number of nitrogens with zero attached hydrogens (tertiary/aromatic N) is 2. The zero-order valence-electron chi connectivity index (χ0n) is 9.36. The van der Waals surface area contributed by atoms with E-state index in [9.17, 15) is 5.11 Å². The Kier molecular flexibility index (Phi) is 3.70. The molecule has 0 heterocycles. The molecule has 1 N–H and O–H groups in total. The van der Waals surface area contributed by atoms with Crippen molar-refractivity contribution >= 4 is 5.69 Å². The number of likely N-dealkylation sites (N-methyl/N-ethyl adjacent to an activating group) is 1. The van der Waals surface area contributed by atoms with E-state index in [1.54, 1.807) is 6.92 Å². The number of aryl methyl sites for hydroxylation is 1. The molecule has 15 heavy (non-hydrogen) atoms. The van der Waals surface area contributed by atoms with Crippen LogP contribution in [-0.2, 0) is 0 Å². The number of aliphatic hydroxyl groups is 1. The standard InChI is InChI=1S/C12H16N2O/c1-9-6-12(5-4-11(9)7-13)14(3)8-10(2)15/h4-6,10,15H,8H2,1-3H3. The van der Waals surface area contributed by atoms with Crippen molar-refractivity contribution < 1.29 is 5.11 Å². The predicted octanol–water partition coefficient (Wildman–Crippen LogP) is 1.68. The van der Waals surface area contributed by atoms with E-state index >= 15 is 0 Å². The molecule has 1 unspecified atom stereocenters. The highest BCUT2D eigenvalue weighted by Crippen LogP contribution is 2.17. The highest BCUT2D eigenvalue weighted by atomic mass is 16.3. The van der Waals surface area contributed by atoms with Gasteiger partial charge in [0.2, 0.25) is 0 Å². The zero-order valence-corrected chi connectivity index (χ0v) is 9.36. The number of hydrogen-bond acceptors (Lipinski definition) is 3. The van der Waals surface area contributed by atoms with Gasteiger partial charge >= 0.3 is 0 Å². The number of nitriles is 1. The molecule has 1 rings (SSSR count). The molecule has 0 aliphatic rings. The van der Waals surface area contributed by atoms with Crippen molar-refractivity contribution in [1.82, 2.24) is 0 Å². The Hall–Kier alpha value is -1.53. The number of benzene rings is 1. The first kappa shape index (κ1) is 11.5. The maximum Gasteiger partial charge on any atom is 0.0994 e. The van der Waals surface area contributed by atoms with Crippen LogP contribution in [0.4, 0.5) is 5.69 Å². The molecule has 1 aromatic carbocycles. The summed E-state index contributed by atoms with van der Waals surface area (Å²) in [4.78, 5) is 1.97. The van der Waals surface area contributed by atoms with Gasteiger partial charge in [0.25, 0.3) is 0 Å². The van der Waals surface area contributed by atoms with Crippen molar-refractivity contribution in [3.63, 3.8) is 0 Å². The summed E-state index contributed by atoms with van der Waals surface area (Å²) in [6.45, 7) is 4.26. The highest BCUT2D eigenvalue weighted by molar-refractivity contribution is 5.53. The van der Waals surface area contributed by atoms with Crippen LogP contribution >= 0.6 is 0 Å². The summed E-state index contributed by atoms with van der Waals surface area (Å²) in [5, 5.41) is 18.0. The molecule has 0 radical (unpaired) electrons. The van der Waals surface area contributed by atoms with Crippen LogP contribution in [0.1, 0.15) is 18.1 Å². The van der Waals surface area contributed by atoms with Crippen LogP contribution in [0.3, 0.4) is 0 Å². The fourth-order valence-electron chi connectivity index (χ4n) is 1.51. The maximum absolute atomic E-state index is 9.26. The second-order valence-electron chi connectivity index (χ2n) is 3.84. The fraction of sp³-hybridized carbons (Fsp3) is 0.417. The van der Waals surface area contributed by atoms with Crippen molar-refractivity contribution in [2.45, 2.75) is 20.0 Å². The molecule has 1 atom stereocenters. The van der Waals surface area contributed by atoms with Crippen LogP contribution in [0, 0.1) is 18.3 Å². The lowest BCUT2D eigenvalue weighted by Crippen LogP contribution is -2.26. The molecule has 0 saturated carbocycles. The van der Waals surface area contributed by atoms with Gasteiger partial charge in [0.05, 0.1) is 17.7 Å². The first-order valence-electron chi connectivity index (χ1n) is 4.94. The Balaban J connectivity index is 2.88. The van der Waals surface area contributed by atoms with Gasteiger partial charge in [-0.3, -0.25) is 0 Å². The van der Waals surface area contributed by atoms with Crippen LogP contribution in [0.25, 0.3) is 0 Å². The third kappa shape index (κ3) is 2.97. The summed E-state index contributed by atoms with van der Waals surface area (Å²) < 4.78 is 0. The van der Waals surface area contributed by atoms with Crippen molar-refractivity contribution in [3.05, 3.63) is 29.3 Å². The minimum atomic E-state index is -0.356. The molecule has 3 heteroatoms. The molecule has 0 fully saturated rings.